The third kappa shape index (κ3) is 3.81. The van der Waals surface area contributed by atoms with Crippen LogP contribution in [-0.2, 0) is 19.4 Å². The number of rotatable bonds is 6. The summed E-state index contributed by atoms with van der Waals surface area (Å²) in [5.74, 6) is 3.03. The van der Waals surface area contributed by atoms with Crippen LogP contribution in [-0.4, -0.2) is 29.2 Å². The van der Waals surface area contributed by atoms with Gasteiger partial charge in [-0.05, 0) is 61.1 Å². The van der Waals surface area contributed by atoms with E-state index in [1.54, 1.807) is 20.4 Å². The van der Waals surface area contributed by atoms with Crippen molar-refractivity contribution in [1.82, 2.24) is 15.0 Å². The van der Waals surface area contributed by atoms with E-state index >= 15 is 0 Å². The van der Waals surface area contributed by atoms with Crippen LogP contribution in [0.25, 0.3) is 21.6 Å². The van der Waals surface area contributed by atoms with Crippen molar-refractivity contribution in [3.05, 3.63) is 58.7 Å². The number of anilines is 1. The summed E-state index contributed by atoms with van der Waals surface area (Å²) < 4.78 is 10.8. The summed E-state index contributed by atoms with van der Waals surface area (Å²) in [6.07, 6.45) is 8.27. The van der Waals surface area contributed by atoms with Crippen LogP contribution in [0.15, 0.2) is 42.7 Å². The second-order valence-corrected chi connectivity index (χ2v) is 8.66. The average Bonchev–Trinajstić information content (AvgIpc) is 3.21. The van der Waals surface area contributed by atoms with Crippen molar-refractivity contribution in [2.75, 3.05) is 19.5 Å². The number of nitrogens with one attached hydrogen (secondary N) is 1. The van der Waals surface area contributed by atoms with Gasteiger partial charge in [0.1, 0.15) is 10.6 Å². The summed E-state index contributed by atoms with van der Waals surface area (Å²) in [6, 6.07) is 9.88. The minimum absolute atomic E-state index is 0.629. The Morgan fingerprint density at radius 1 is 1.03 bits per heavy atom. The molecule has 6 nitrogen and oxygen atoms in total. The fourth-order valence-electron chi connectivity index (χ4n) is 4.09. The molecule has 1 aromatic carbocycles. The van der Waals surface area contributed by atoms with E-state index in [1.807, 2.05) is 47.9 Å². The van der Waals surface area contributed by atoms with E-state index < -0.39 is 0 Å². The summed E-state index contributed by atoms with van der Waals surface area (Å²) in [6.45, 7) is 0.629. The molecule has 0 spiro atoms. The van der Waals surface area contributed by atoms with Crippen molar-refractivity contribution >= 4 is 27.4 Å². The summed E-state index contributed by atoms with van der Waals surface area (Å²) in [7, 11) is 3.30. The summed E-state index contributed by atoms with van der Waals surface area (Å²) in [5, 5.41) is 4.75. The lowest BCUT2D eigenvalue weighted by atomic mass is 9.97. The van der Waals surface area contributed by atoms with Crippen LogP contribution in [0, 0.1) is 0 Å². The average molecular weight is 433 g/mol. The van der Waals surface area contributed by atoms with Gasteiger partial charge in [-0.3, -0.25) is 4.98 Å². The standard InChI is InChI=1S/C24H24N4O2S/c1-29-18-10-9-15(12-19(18)30-2)13-26-23-21-17-7-3-4-8-20(17)31-24(21)28-22(27-23)16-6-5-11-25-14-16/h5-6,9-12,14H,3-4,7-8,13H2,1-2H3,(H,26,27,28). The largest absolute Gasteiger partial charge is 0.493 e. The molecule has 158 valence electrons. The Morgan fingerprint density at radius 2 is 1.90 bits per heavy atom. The van der Waals surface area contributed by atoms with Crippen LogP contribution in [0.5, 0.6) is 11.5 Å². The number of aryl methyl sites for hydroxylation is 2. The van der Waals surface area contributed by atoms with E-state index in [1.165, 1.54) is 28.7 Å². The van der Waals surface area contributed by atoms with E-state index in [-0.39, 0.29) is 0 Å². The zero-order chi connectivity index (χ0) is 21.2. The molecule has 3 heterocycles. The SMILES string of the molecule is COc1ccc(CNc2nc(-c3cccnc3)nc3sc4c(c23)CCCC4)cc1OC. The highest BCUT2D eigenvalue weighted by Crippen LogP contribution is 2.39. The molecular formula is C24H24N4O2S. The molecule has 1 N–H and O–H groups in total. The predicted molar refractivity (Wildman–Crippen MR) is 124 cm³/mol. The number of fused-ring (bicyclic) bond motifs is 3. The molecule has 0 atom stereocenters. The van der Waals surface area contributed by atoms with Gasteiger partial charge in [-0.15, -0.1) is 11.3 Å². The zero-order valence-corrected chi connectivity index (χ0v) is 18.5. The Balaban J connectivity index is 1.55. The lowest BCUT2D eigenvalue weighted by Crippen LogP contribution is -2.06. The fourth-order valence-corrected chi connectivity index (χ4v) is 5.35. The Labute approximate surface area is 185 Å². The van der Waals surface area contributed by atoms with Gasteiger partial charge in [0.25, 0.3) is 0 Å². The quantitative estimate of drug-likeness (QED) is 0.448. The number of hydrogen-bond donors (Lipinski definition) is 1. The van der Waals surface area contributed by atoms with Crippen molar-refractivity contribution < 1.29 is 9.47 Å². The number of pyridine rings is 1. The number of benzene rings is 1. The third-order valence-electron chi connectivity index (χ3n) is 5.64. The maximum absolute atomic E-state index is 5.45. The van der Waals surface area contributed by atoms with Gasteiger partial charge in [0.15, 0.2) is 17.3 Å². The Morgan fingerprint density at radius 3 is 2.71 bits per heavy atom. The first kappa shape index (κ1) is 19.8. The van der Waals surface area contributed by atoms with Gasteiger partial charge in [0.05, 0.1) is 19.6 Å². The molecule has 4 aromatic rings. The van der Waals surface area contributed by atoms with Crippen LogP contribution >= 0.6 is 11.3 Å². The van der Waals surface area contributed by atoms with E-state index in [9.17, 15) is 0 Å². The minimum atomic E-state index is 0.629. The van der Waals surface area contributed by atoms with Crippen LogP contribution in [0.3, 0.4) is 0 Å². The molecule has 5 rings (SSSR count). The molecule has 0 saturated carbocycles. The van der Waals surface area contributed by atoms with Gasteiger partial charge in [-0.25, -0.2) is 9.97 Å². The molecule has 0 radical (unpaired) electrons. The van der Waals surface area contributed by atoms with Gasteiger partial charge >= 0.3 is 0 Å². The zero-order valence-electron chi connectivity index (χ0n) is 17.6. The smallest absolute Gasteiger partial charge is 0.164 e. The van der Waals surface area contributed by atoms with Gasteiger partial charge in [-0.1, -0.05) is 6.07 Å². The van der Waals surface area contributed by atoms with Gasteiger partial charge in [0.2, 0.25) is 0 Å². The second-order valence-electron chi connectivity index (χ2n) is 7.57. The molecule has 0 unspecified atom stereocenters. The molecule has 7 heteroatoms. The number of ether oxygens (including phenoxy) is 2. The molecule has 0 aliphatic heterocycles. The van der Waals surface area contributed by atoms with Crippen molar-refractivity contribution in [2.24, 2.45) is 0 Å². The number of aromatic nitrogens is 3. The van der Waals surface area contributed by atoms with E-state index in [4.69, 9.17) is 19.4 Å². The van der Waals surface area contributed by atoms with Crippen LogP contribution in [0.2, 0.25) is 0 Å². The number of thiophene rings is 1. The minimum Gasteiger partial charge on any atom is -0.493 e. The van der Waals surface area contributed by atoms with Crippen LogP contribution in [0.1, 0.15) is 28.8 Å². The molecule has 3 aromatic heterocycles. The number of methoxy groups -OCH3 is 2. The lowest BCUT2D eigenvalue weighted by Gasteiger charge is -2.14. The maximum atomic E-state index is 5.45. The number of nitrogens with zero attached hydrogens (tertiary/aromatic N) is 3. The van der Waals surface area contributed by atoms with E-state index in [0.29, 0.717) is 12.4 Å². The highest BCUT2D eigenvalue weighted by atomic mass is 32.1. The molecule has 1 aliphatic carbocycles. The van der Waals surface area contributed by atoms with Crippen molar-refractivity contribution in [3.63, 3.8) is 0 Å². The third-order valence-corrected chi connectivity index (χ3v) is 6.83. The molecule has 1 aliphatic rings. The van der Waals surface area contributed by atoms with Crippen LogP contribution < -0.4 is 14.8 Å². The molecule has 0 amide bonds. The Bertz CT molecular complexity index is 1220. The number of hydrogen-bond acceptors (Lipinski definition) is 7. The van der Waals surface area contributed by atoms with Gasteiger partial charge in [0, 0.05) is 29.4 Å². The van der Waals surface area contributed by atoms with Crippen molar-refractivity contribution in [3.8, 4) is 22.9 Å². The normalized spacial score (nSPS) is 13.1. The highest BCUT2D eigenvalue weighted by molar-refractivity contribution is 7.19. The monoisotopic (exact) mass is 432 g/mol. The molecule has 0 saturated heterocycles. The topological polar surface area (TPSA) is 69.2 Å². The fraction of sp³-hybridized carbons (Fsp3) is 0.292. The maximum Gasteiger partial charge on any atom is 0.164 e. The first-order valence-corrected chi connectivity index (χ1v) is 11.3. The molecule has 31 heavy (non-hydrogen) atoms. The first-order valence-electron chi connectivity index (χ1n) is 10.4. The summed E-state index contributed by atoms with van der Waals surface area (Å²) in [4.78, 5) is 16.6. The summed E-state index contributed by atoms with van der Waals surface area (Å²) >= 11 is 1.81. The van der Waals surface area contributed by atoms with Crippen molar-refractivity contribution in [2.45, 2.75) is 32.2 Å². The molecule has 0 fully saturated rings. The molecular weight excluding hydrogens is 408 g/mol. The van der Waals surface area contributed by atoms with Crippen LogP contribution in [0.4, 0.5) is 5.82 Å². The van der Waals surface area contributed by atoms with Crippen molar-refractivity contribution in [1.29, 1.82) is 0 Å². The van der Waals surface area contributed by atoms with Gasteiger partial charge < -0.3 is 14.8 Å². The summed E-state index contributed by atoms with van der Waals surface area (Å²) in [5.41, 5.74) is 3.43. The Hall–Kier alpha value is -3.19. The van der Waals surface area contributed by atoms with E-state index in [0.717, 1.165) is 46.1 Å². The highest BCUT2D eigenvalue weighted by Gasteiger charge is 2.21. The van der Waals surface area contributed by atoms with E-state index in [2.05, 4.69) is 10.3 Å². The molecule has 0 bridgehead atoms. The first-order chi connectivity index (χ1) is 15.3. The lowest BCUT2D eigenvalue weighted by molar-refractivity contribution is 0.354. The predicted octanol–water partition coefficient (Wildman–Crippen LogP) is 5.26. The Kier molecular flexibility index (Phi) is 5.42. The van der Waals surface area contributed by atoms with Gasteiger partial charge in [-0.2, -0.15) is 0 Å². The second kappa shape index (κ2) is 8.51.